The predicted octanol–water partition coefficient (Wildman–Crippen LogP) is 5.28. The Morgan fingerprint density at radius 1 is 0.889 bits per heavy atom. The van der Waals surface area contributed by atoms with Crippen LogP contribution >= 0.6 is 0 Å². The molecular weight excluding hydrogens is 338 g/mol. The minimum Gasteiger partial charge on any atom is -0.410 e. The van der Waals surface area contributed by atoms with Gasteiger partial charge in [0.1, 0.15) is 5.75 Å². The van der Waals surface area contributed by atoms with Gasteiger partial charge in [-0.1, -0.05) is 66.7 Å². The van der Waals surface area contributed by atoms with Gasteiger partial charge in [-0.05, 0) is 36.2 Å². The lowest BCUT2D eigenvalue weighted by molar-refractivity contribution is 0.0659. The molecule has 4 nitrogen and oxygen atoms in total. The Balaban J connectivity index is 1.64. The number of ether oxygens (including phenoxy) is 2. The van der Waals surface area contributed by atoms with Crippen molar-refractivity contribution in [1.29, 1.82) is 0 Å². The van der Waals surface area contributed by atoms with E-state index in [-0.39, 0.29) is 0 Å². The van der Waals surface area contributed by atoms with Gasteiger partial charge < -0.3 is 14.4 Å². The molecule has 3 aromatic carbocycles. The fraction of sp³-hybridized carbons (Fsp3) is 0.174. The van der Waals surface area contributed by atoms with Gasteiger partial charge in [0.15, 0.2) is 6.23 Å². The van der Waals surface area contributed by atoms with Crippen molar-refractivity contribution in [1.82, 2.24) is 0 Å². The van der Waals surface area contributed by atoms with E-state index in [4.69, 9.17) is 9.47 Å². The fourth-order valence-electron chi connectivity index (χ4n) is 2.77. The molecule has 0 N–H and O–H groups in total. The second-order valence-corrected chi connectivity index (χ2v) is 6.29. The predicted molar refractivity (Wildman–Crippen MR) is 107 cm³/mol. The number of para-hydroxylation sites is 2. The molecule has 27 heavy (non-hydrogen) atoms. The Bertz CT molecular complexity index is 865. The molecule has 4 heteroatoms. The molecule has 1 atom stereocenters. The van der Waals surface area contributed by atoms with E-state index in [0.29, 0.717) is 12.2 Å². The first kappa shape index (κ1) is 18.5. The summed E-state index contributed by atoms with van der Waals surface area (Å²) >= 11 is 0. The quantitative estimate of drug-likeness (QED) is 0.340. The first-order valence-corrected chi connectivity index (χ1v) is 8.91. The summed E-state index contributed by atoms with van der Waals surface area (Å²) in [5.41, 5.74) is 3.05. The average molecular weight is 361 g/mol. The zero-order chi connectivity index (χ0) is 19.1. The van der Waals surface area contributed by atoms with Gasteiger partial charge >= 0.3 is 6.16 Å². The van der Waals surface area contributed by atoms with Gasteiger partial charge in [0.05, 0.1) is 0 Å². The summed E-state index contributed by atoms with van der Waals surface area (Å²) < 4.78 is 10.9. The van der Waals surface area contributed by atoms with Crippen molar-refractivity contribution in [2.45, 2.75) is 19.6 Å². The van der Waals surface area contributed by atoms with Gasteiger partial charge in [-0.15, -0.1) is 0 Å². The number of carbonyl (C=O) groups is 1. The van der Waals surface area contributed by atoms with Gasteiger partial charge in [0.25, 0.3) is 0 Å². The van der Waals surface area contributed by atoms with Crippen LogP contribution in [0.4, 0.5) is 10.5 Å². The third-order valence-corrected chi connectivity index (χ3v) is 4.38. The van der Waals surface area contributed by atoms with Crippen LogP contribution in [-0.4, -0.2) is 19.4 Å². The molecule has 3 aromatic rings. The summed E-state index contributed by atoms with van der Waals surface area (Å²) in [6.45, 7) is 1.81. The van der Waals surface area contributed by atoms with Crippen LogP contribution < -0.4 is 9.64 Å². The maximum Gasteiger partial charge on any atom is 0.515 e. The molecule has 0 amide bonds. The number of hydrogen-bond acceptors (Lipinski definition) is 4. The first-order valence-electron chi connectivity index (χ1n) is 8.91. The van der Waals surface area contributed by atoms with Crippen LogP contribution in [0, 0.1) is 0 Å². The van der Waals surface area contributed by atoms with Gasteiger partial charge in [-0.3, -0.25) is 0 Å². The summed E-state index contributed by atoms with van der Waals surface area (Å²) in [6, 6.07) is 27.3. The zero-order valence-corrected chi connectivity index (χ0v) is 15.5. The Labute approximate surface area is 160 Å². The summed E-state index contributed by atoms with van der Waals surface area (Å²) in [6.07, 6.45) is -0.490. The summed E-state index contributed by atoms with van der Waals surface area (Å²) in [5, 5.41) is 0. The standard InChI is InChI=1S/C23H23NO3/c1-18(24(2)21-14-7-4-8-15-21)26-23(25)27-22-16-10-9-13-20(22)17-19-11-5-3-6-12-19/h3-16,18H,17H2,1-2H3. The van der Waals surface area contributed by atoms with Crippen LogP contribution in [0.2, 0.25) is 0 Å². The Hall–Kier alpha value is -3.27. The number of carbonyl (C=O) groups excluding carboxylic acids is 1. The van der Waals surface area contributed by atoms with E-state index >= 15 is 0 Å². The van der Waals surface area contributed by atoms with Crippen LogP contribution in [0.1, 0.15) is 18.1 Å². The minimum atomic E-state index is -0.717. The van der Waals surface area contributed by atoms with E-state index in [2.05, 4.69) is 0 Å². The largest absolute Gasteiger partial charge is 0.515 e. The number of nitrogens with zero attached hydrogens (tertiary/aromatic N) is 1. The molecule has 0 aliphatic carbocycles. The highest BCUT2D eigenvalue weighted by Gasteiger charge is 2.17. The summed E-state index contributed by atoms with van der Waals surface area (Å²) in [4.78, 5) is 14.2. The number of hydrogen-bond donors (Lipinski definition) is 0. The molecule has 0 aliphatic rings. The van der Waals surface area contributed by atoms with Crippen LogP contribution in [0.25, 0.3) is 0 Å². The van der Waals surface area contributed by atoms with E-state index in [0.717, 1.165) is 16.8 Å². The van der Waals surface area contributed by atoms with Crippen LogP contribution in [-0.2, 0) is 11.2 Å². The monoisotopic (exact) mass is 361 g/mol. The number of rotatable bonds is 6. The van der Waals surface area contributed by atoms with E-state index in [1.807, 2.05) is 97.7 Å². The second-order valence-electron chi connectivity index (χ2n) is 6.29. The number of benzene rings is 3. The SMILES string of the molecule is CC(OC(=O)Oc1ccccc1Cc1ccccc1)N(C)c1ccccc1. The molecule has 0 radical (unpaired) electrons. The van der Waals surface area contributed by atoms with Crippen LogP contribution in [0.15, 0.2) is 84.9 Å². The molecule has 0 saturated heterocycles. The summed E-state index contributed by atoms with van der Waals surface area (Å²) in [7, 11) is 1.87. The minimum absolute atomic E-state index is 0.457. The highest BCUT2D eigenvalue weighted by atomic mass is 16.7. The normalized spacial score (nSPS) is 11.5. The average Bonchev–Trinajstić information content (AvgIpc) is 2.70. The van der Waals surface area contributed by atoms with Gasteiger partial charge in [0, 0.05) is 19.2 Å². The second kappa shape index (κ2) is 8.90. The van der Waals surface area contributed by atoms with Crippen molar-refractivity contribution < 1.29 is 14.3 Å². The Morgan fingerprint density at radius 2 is 1.48 bits per heavy atom. The Morgan fingerprint density at radius 3 is 2.19 bits per heavy atom. The van der Waals surface area contributed by atoms with Crippen molar-refractivity contribution in [3.63, 3.8) is 0 Å². The molecule has 0 spiro atoms. The molecule has 0 bridgehead atoms. The fourth-order valence-corrected chi connectivity index (χ4v) is 2.77. The maximum atomic E-state index is 12.3. The molecule has 0 saturated carbocycles. The maximum absolute atomic E-state index is 12.3. The van der Waals surface area contributed by atoms with E-state index in [1.54, 1.807) is 6.07 Å². The molecule has 0 aromatic heterocycles. The first-order chi connectivity index (χ1) is 13.1. The third-order valence-electron chi connectivity index (χ3n) is 4.38. The van der Waals surface area contributed by atoms with Crippen LogP contribution in [0.5, 0.6) is 5.75 Å². The van der Waals surface area contributed by atoms with Crippen LogP contribution in [0.3, 0.4) is 0 Å². The van der Waals surface area contributed by atoms with E-state index in [9.17, 15) is 4.79 Å². The molecular formula is C23H23NO3. The van der Waals surface area contributed by atoms with Crippen molar-refractivity contribution in [2.24, 2.45) is 0 Å². The van der Waals surface area contributed by atoms with Crippen molar-refractivity contribution in [2.75, 3.05) is 11.9 Å². The van der Waals surface area contributed by atoms with Crippen molar-refractivity contribution in [3.05, 3.63) is 96.1 Å². The smallest absolute Gasteiger partial charge is 0.410 e. The highest BCUT2D eigenvalue weighted by Crippen LogP contribution is 2.22. The molecule has 138 valence electrons. The lowest BCUT2D eigenvalue weighted by Crippen LogP contribution is -2.34. The molecule has 0 heterocycles. The Kier molecular flexibility index (Phi) is 6.10. The molecule has 3 rings (SSSR count). The van der Waals surface area contributed by atoms with Gasteiger partial charge in [0.2, 0.25) is 0 Å². The molecule has 0 aliphatic heterocycles. The van der Waals surface area contributed by atoms with Crippen molar-refractivity contribution in [3.8, 4) is 5.75 Å². The highest BCUT2D eigenvalue weighted by molar-refractivity contribution is 5.65. The number of anilines is 1. The zero-order valence-electron chi connectivity index (χ0n) is 15.5. The lowest BCUT2D eigenvalue weighted by atomic mass is 10.0. The third kappa shape index (κ3) is 5.11. The van der Waals surface area contributed by atoms with E-state index in [1.165, 1.54) is 0 Å². The molecule has 0 fully saturated rings. The topological polar surface area (TPSA) is 38.8 Å². The summed E-state index contributed by atoms with van der Waals surface area (Å²) in [5.74, 6) is 0.515. The van der Waals surface area contributed by atoms with Crippen molar-refractivity contribution >= 4 is 11.8 Å². The molecule has 1 unspecified atom stereocenters. The lowest BCUT2D eigenvalue weighted by Gasteiger charge is -2.26. The van der Waals surface area contributed by atoms with Gasteiger partial charge in [-0.2, -0.15) is 0 Å². The van der Waals surface area contributed by atoms with Gasteiger partial charge in [-0.25, -0.2) is 4.79 Å². The van der Waals surface area contributed by atoms with E-state index < -0.39 is 12.4 Å².